The molecular weight excluding hydrogens is 352 g/mol. The van der Waals surface area contributed by atoms with E-state index in [-0.39, 0.29) is 0 Å². The first-order valence-corrected chi connectivity index (χ1v) is 9.79. The highest BCUT2D eigenvalue weighted by Crippen LogP contribution is 2.25. The minimum atomic E-state index is 0.878. The monoisotopic (exact) mass is 372 g/mol. The normalized spacial score (nSPS) is 10.9. The zero-order valence-corrected chi connectivity index (χ0v) is 16.1. The fourth-order valence-electron chi connectivity index (χ4n) is 2.87. The second-order valence-corrected chi connectivity index (χ2v) is 7.49. The summed E-state index contributed by atoms with van der Waals surface area (Å²) in [5.41, 5.74) is 6.96. The van der Waals surface area contributed by atoms with Crippen LogP contribution in [-0.4, -0.2) is 19.7 Å². The van der Waals surface area contributed by atoms with Gasteiger partial charge in [-0.3, -0.25) is 0 Å². The average Bonchev–Trinajstić information content (AvgIpc) is 3.24. The van der Waals surface area contributed by atoms with Gasteiger partial charge in [0.15, 0.2) is 0 Å². The molecule has 2 aromatic heterocycles. The van der Waals surface area contributed by atoms with Gasteiger partial charge in [0.25, 0.3) is 0 Å². The molecule has 4 rings (SSSR count). The summed E-state index contributed by atoms with van der Waals surface area (Å²) in [6.45, 7) is 4.28. The van der Waals surface area contributed by atoms with Gasteiger partial charge in [0.05, 0.1) is 12.0 Å². The van der Waals surface area contributed by atoms with Gasteiger partial charge < -0.3 is 4.57 Å². The van der Waals surface area contributed by atoms with E-state index in [1.54, 1.807) is 24.3 Å². The molecule has 0 saturated carbocycles. The molecule has 0 saturated heterocycles. The van der Waals surface area contributed by atoms with Crippen molar-refractivity contribution in [1.82, 2.24) is 19.7 Å². The van der Waals surface area contributed by atoms with Gasteiger partial charge in [0.1, 0.15) is 5.03 Å². The lowest BCUT2D eigenvalue weighted by Gasteiger charge is -2.07. The topological polar surface area (TPSA) is 43.6 Å². The standard InChI is InChI=1S/C22H20N4S/c1-16-3-4-17(2)19(13-16)14-27-22-10-9-21(24-25-22)18-5-7-20(8-6-18)26-12-11-23-15-26/h3-13,15H,14H2,1-2H3. The summed E-state index contributed by atoms with van der Waals surface area (Å²) < 4.78 is 1.97. The van der Waals surface area contributed by atoms with Crippen molar-refractivity contribution in [1.29, 1.82) is 0 Å². The van der Waals surface area contributed by atoms with E-state index < -0.39 is 0 Å². The van der Waals surface area contributed by atoms with Crippen LogP contribution in [0.1, 0.15) is 16.7 Å². The Bertz CT molecular complexity index is 1020. The van der Waals surface area contributed by atoms with E-state index in [0.717, 1.165) is 27.7 Å². The molecule has 27 heavy (non-hydrogen) atoms. The first kappa shape index (κ1) is 17.5. The highest BCUT2D eigenvalue weighted by atomic mass is 32.2. The van der Waals surface area contributed by atoms with Gasteiger partial charge in [-0.1, -0.05) is 47.7 Å². The molecule has 0 bridgehead atoms. The quantitative estimate of drug-likeness (QED) is 0.450. The predicted octanol–water partition coefficient (Wildman–Crippen LogP) is 5.24. The summed E-state index contributed by atoms with van der Waals surface area (Å²) in [5, 5.41) is 9.74. The van der Waals surface area contributed by atoms with Crippen molar-refractivity contribution in [2.45, 2.75) is 24.6 Å². The molecule has 0 N–H and O–H groups in total. The van der Waals surface area contributed by atoms with E-state index in [2.05, 4.69) is 71.5 Å². The zero-order chi connectivity index (χ0) is 18.6. The molecule has 0 unspecified atom stereocenters. The van der Waals surface area contributed by atoms with Crippen LogP contribution < -0.4 is 0 Å². The van der Waals surface area contributed by atoms with Gasteiger partial charge in [-0.25, -0.2) is 4.98 Å². The molecule has 0 aliphatic carbocycles. The maximum absolute atomic E-state index is 4.40. The molecule has 0 atom stereocenters. The number of imidazole rings is 1. The maximum atomic E-state index is 4.40. The molecule has 4 aromatic rings. The number of aromatic nitrogens is 4. The molecule has 0 aliphatic rings. The molecule has 2 heterocycles. The lowest BCUT2D eigenvalue weighted by molar-refractivity contribution is 0.935. The van der Waals surface area contributed by atoms with E-state index in [9.17, 15) is 0 Å². The van der Waals surface area contributed by atoms with Gasteiger partial charge in [0.2, 0.25) is 0 Å². The average molecular weight is 372 g/mol. The van der Waals surface area contributed by atoms with Crippen LogP contribution in [0, 0.1) is 13.8 Å². The van der Waals surface area contributed by atoms with Crippen molar-refractivity contribution in [3.05, 3.63) is 90.0 Å². The number of thioether (sulfide) groups is 1. The number of benzene rings is 2. The SMILES string of the molecule is Cc1ccc(C)c(CSc2ccc(-c3ccc(-n4ccnc4)cc3)nn2)c1. The third-order valence-corrected chi connectivity index (χ3v) is 5.45. The summed E-state index contributed by atoms with van der Waals surface area (Å²) in [6.07, 6.45) is 5.49. The third-order valence-electron chi connectivity index (χ3n) is 4.49. The van der Waals surface area contributed by atoms with E-state index >= 15 is 0 Å². The maximum Gasteiger partial charge on any atom is 0.119 e. The van der Waals surface area contributed by atoms with Crippen molar-refractivity contribution < 1.29 is 0 Å². The summed E-state index contributed by atoms with van der Waals surface area (Å²) in [5.74, 6) is 0.904. The Hall–Kier alpha value is -2.92. The van der Waals surface area contributed by atoms with Gasteiger partial charge >= 0.3 is 0 Å². The van der Waals surface area contributed by atoms with Gasteiger partial charge in [0, 0.05) is 29.4 Å². The van der Waals surface area contributed by atoms with Crippen molar-refractivity contribution in [3.8, 4) is 16.9 Å². The molecule has 0 amide bonds. The Balaban J connectivity index is 1.45. The number of nitrogens with zero attached hydrogens (tertiary/aromatic N) is 4. The molecule has 0 radical (unpaired) electrons. The minimum absolute atomic E-state index is 0.878. The van der Waals surface area contributed by atoms with E-state index in [1.165, 1.54) is 16.7 Å². The Morgan fingerprint density at radius 3 is 2.48 bits per heavy atom. The second-order valence-electron chi connectivity index (χ2n) is 6.49. The van der Waals surface area contributed by atoms with Crippen molar-refractivity contribution in [2.24, 2.45) is 0 Å². The zero-order valence-electron chi connectivity index (χ0n) is 15.3. The molecule has 0 fully saturated rings. The predicted molar refractivity (Wildman–Crippen MR) is 110 cm³/mol. The van der Waals surface area contributed by atoms with Gasteiger partial charge in [-0.15, -0.1) is 10.2 Å². The fourth-order valence-corrected chi connectivity index (χ4v) is 3.75. The van der Waals surface area contributed by atoms with Crippen LogP contribution in [0.5, 0.6) is 0 Å². The smallest absolute Gasteiger partial charge is 0.119 e. The van der Waals surface area contributed by atoms with E-state index in [4.69, 9.17) is 0 Å². The number of hydrogen-bond acceptors (Lipinski definition) is 4. The molecule has 0 aliphatic heterocycles. The van der Waals surface area contributed by atoms with Crippen LogP contribution in [0.15, 0.2) is 78.3 Å². The fraction of sp³-hybridized carbons (Fsp3) is 0.136. The number of rotatable bonds is 5. The Kier molecular flexibility index (Phi) is 5.03. The molecular formula is C22H20N4S. The minimum Gasteiger partial charge on any atom is -0.306 e. The summed E-state index contributed by atoms with van der Waals surface area (Å²) in [7, 11) is 0. The number of aryl methyl sites for hydroxylation is 2. The van der Waals surface area contributed by atoms with Crippen molar-refractivity contribution >= 4 is 11.8 Å². The summed E-state index contributed by atoms with van der Waals surface area (Å²) in [6, 6.07) is 18.9. The van der Waals surface area contributed by atoms with Crippen LogP contribution in [0.2, 0.25) is 0 Å². The van der Waals surface area contributed by atoms with E-state index in [0.29, 0.717) is 0 Å². The number of hydrogen-bond donors (Lipinski definition) is 0. The van der Waals surface area contributed by atoms with Crippen molar-refractivity contribution in [3.63, 3.8) is 0 Å². The first-order valence-electron chi connectivity index (χ1n) is 8.80. The Morgan fingerprint density at radius 1 is 0.926 bits per heavy atom. The van der Waals surface area contributed by atoms with Crippen LogP contribution in [0.3, 0.4) is 0 Å². The molecule has 5 heteroatoms. The second kappa shape index (κ2) is 7.76. The first-order chi connectivity index (χ1) is 13.2. The van der Waals surface area contributed by atoms with Crippen LogP contribution in [-0.2, 0) is 5.75 Å². The van der Waals surface area contributed by atoms with Gasteiger partial charge in [-0.2, -0.15) is 0 Å². The summed E-state index contributed by atoms with van der Waals surface area (Å²) in [4.78, 5) is 4.08. The molecule has 134 valence electrons. The molecule has 4 nitrogen and oxygen atoms in total. The highest BCUT2D eigenvalue weighted by molar-refractivity contribution is 7.98. The van der Waals surface area contributed by atoms with Crippen LogP contribution in [0.4, 0.5) is 0 Å². The largest absolute Gasteiger partial charge is 0.306 e. The van der Waals surface area contributed by atoms with Crippen LogP contribution in [0.25, 0.3) is 16.9 Å². The van der Waals surface area contributed by atoms with Crippen molar-refractivity contribution in [2.75, 3.05) is 0 Å². The third kappa shape index (κ3) is 4.09. The molecule has 2 aromatic carbocycles. The van der Waals surface area contributed by atoms with Crippen LogP contribution >= 0.6 is 11.8 Å². The Labute approximate surface area is 163 Å². The highest BCUT2D eigenvalue weighted by Gasteiger charge is 2.05. The Morgan fingerprint density at radius 2 is 1.78 bits per heavy atom. The lowest BCUT2D eigenvalue weighted by Crippen LogP contribution is -1.93. The summed E-state index contributed by atoms with van der Waals surface area (Å²) >= 11 is 1.72. The van der Waals surface area contributed by atoms with Gasteiger partial charge in [-0.05, 0) is 49.2 Å². The molecule has 0 spiro atoms. The van der Waals surface area contributed by atoms with E-state index in [1.807, 2.05) is 22.9 Å². The lowest BCUT2D eigenvalue weighted by atomic mass is 10.1.